The molecule has 0 saturated carbocycles. The molecular weight excluding hydrogens is 280 g/mol. The lowest BCUT2D eigenvalue weighted by Gasteiger charge is -2.20. The zero-order chi connectivity index (χ0) is 16.0. The van der Waals surface area contributed by atoms with Gasteiger partial charge in [0, 0.05) is 11.5 Å². The van der Waals surface area contributed by atoms with Crippen molar-refractivity contribution in [2.45, 2.75) is 18.8 Å². The van der Waals surface area contributed by atoms with Crippen molar-refractivity contribution in [3.05, 3.63) is 17.7 Å². The van der Waals surface area contributed by atoms with Crippen molar-refractivity contribution < 1.29 is 34.0 Å². The Balaban J connectivity index is 3.35. The Morgan fingerprint density at radius 3 is 1.86 bits per heavy atom. The van der Waals surface area contributed by atoms with Gasteiger partial charge in [-0.1, -0.05) is 6.07 Å². The Labute approximate surface area is 122 Å². The van der Waals surface area contributed by atoms with Crippen LogP contribution in [0.4, 0.5) is 0 Å². The average Bonchev–Trinajstić information content (AvgIpc) is 2.43. The molecular formula is C14H18O7. The van der Waals surface area contributed by atoms with Crippen LogP contribution in [-0.4, -0.2) is 43.5 Å². The largest absolute Gasteiger partial charge is 0.493 e. The van der Waals surface area contributed by atoms with E-state index in [0.717, 1.165) is 0 Å². The van der Waals surface area contributed by atoms with Crippen LogP contribution in [0, 0.1) is 0 Å². The second-order valence-electron chi connectivity index (χ2n) is 4.32. The third kappa shape index (κ3) is 4.01. The van der Waals surface area contributed by atoms with E-state index < -0.39 is 17.9 Å². The van der Waals surface area contributed by atoms with Crippen LogP contribution in [-0.2, 0) is 9.59 Å². The summed E-state index contributed by atoms with van der Waals surface area (Å²) in [6, 6.07) is 3.18. The molecule has 0 atom stereocenters. The zero-order valence-corrected chi connectivity index (χ0v) is 12.1. The fourth-order valence-corrected chi connectivity index (χ4v) is 2.16. The molecule has 1 rings (SSSR count). The first-order chi connectivity index (χ1) is 9.94. The van der Waals surface area contributed by atoms with E-state index in [1.165, 1.54) is 21.3 Å². The summed E-state index contributed by atoms with van der Waals surface area (Å²) in [6.07, 6.45) is -0.643. The standard InChI is InChI=1S/C14H18O7/c1-19-10-5-4-9(13(20-2)14(10)21-3)8(6-11(15)16)7-12(17)18/h4-5,8H,6-7H2,1-3H3,(H,15,16)(H,17,18). The maximum atomic E-state index is 11.0. The quantitative estimate of drug-likeness (QED) is 0.753. The Morgan fingerprint density at radius 1 is 0.952 bits per heavy atom. The van der Waals surface area contributed by atoms with Gasteiger partial charge in [-0.05, 0) is 6.07 Å². The van der Waals surface area contributed by atoms with Gasteiger partial charge in [0.05, 0.1) is 34.2 Å². The van der Waals surface area contributed by atoms with Crippen LogP contribution >= 0.6 is 0 Å². The average molecular weight is 298 g/mol. The summed E-state index contributed by atoms with van der Waals surface area (Å²) < 4.78 is 15.6. The zero-order valence-electron chi connectivity index (χ0n) is 12.1. The number of hydrogen-bond donors (Lipinski definition) is 2. The van der Waals surface area contributed by atoms with Crippen LogP contribution in [0.15, 0.2) is 12.1 Å². The van der Waals surface area contributed by atoms with Crippen molar-refractivity contribution in [3.8, 4) is 17.2 Å². The highest BCUT2D eigenvalue weighted by Crippen LogP contribution is 2.44. The van der Waals surface area contributed by atoms with Gasteiger partial charge < -0.3 is 24.4 Å². The van der Waals surface area contributed by atoms with Crippen LogP contribution in [0.1, 0.15) is 24.3 Å². The van der Waals surface area contributed by atoms with Crippen LogP contribution in [0.2, 0.25) is 0 Å². The first-order valence-corrected chi connectivity index (χ1v) is 6.17. The molecule has 0 radical (unpaired) electrons. The van der Waals surface area contributed by atoms with Gasteiger partial charge in [-0.2, -0.15) is 0 Å². The molecule has 0 unspecified atom stereocenters. The van der Waals surface area contributed by atoms with Crippen LogP contribution in [0.5, 0.6) is 17.2 Å². The number of carboxylic acids is 2. The van der Waals surface area contributed by atoms with Gasteiger partial charge >= 0.3 is 11.9 Å². The highest BCUT2D eigenvalue weighted by Gasteiger charge is 2.26. The number of hydrogen-bond acceptors (Lipinski definition) is 5. The minimum absolute atomic E-state index is 0.282. The van der Waals surface area contributed by atoms with Gasteiger partial charge in [-0.3, -0.25) is 9.59 Å². The molecule has 0 heterocycles. The number of ether oxygens (including phenoxy) is 3. The number of carbonyl (C=O) groups is 2. The second-order valence-corrected chi connectivity index (χ2v) is 4.32. The minimum atomic E-state index is -1.09. The molecule has 0 saturated heterocycles. The van der Waals surface area contributed by atoms with E-state index in [9.17, 15) is 9.59 Å². The minimum Gasteiger partial charge on any atom is -0.493 e. The highest BCUT2D eigenvalue weighted by molar-refractivity contribution is 5.73. The molecule has 0 aliphatic heterocycles. The van der Waals surface area contributed by atoms with Gasteiger partial charge in [-0.25, -0.2) is 0 Å². The van der Waals surface area contributed by atoms with Crippen molar-refractivity contribution in [1.29, 1.82) is 0 Å². The highest BCUT2D eigenvalue weighted by atomic mass is 16.5. The number of rotatable bonds is 8. The third-order valence-electron chi connectivity index (χ3n) is 3.02. The molecule has 0 amide bonds. The third-order valence-corrected chi connectivity index (χ3v) is 3.02. The van der Waals surface area contributed by atoms with Crippen molar-refractivity contribution in [1.82, 2.24) is 0 Å². The smallest absolute Gasteiger partial charge is 0.303 e. The predicted molar refractivity (Wildman–Crippen MR) is 73.3 cm³/mol. The lowest BCUT2D eigenvalue weighted by atomic mass is 9.91. The summed E-state index contributed by atoms with van der Waals surface area (Å²) >= 11 is 0. The van der Waals surface area contributed by atoms with E-state index in [2.05, 4.69) is 0 Å². The summed E-state index contributed by atoms with van der Waals surface area (Å²) in [7, 11) is 4.29. The van der Waals surface area contributed by atoms with Crippen molar-refractivity contribution >= 4 is 11.9 Å². The Kier molecular flexibility index (Phi) is 5.83. The van der Waals surface area contributed by atoms with Gasteiger partial charge in [-0.15, -0.1) is 0 Å². The molecule has 21 heavy (non-hydrogen) atoms. The summed E-state index contributed by atoms with van der Waals surface area (Å²) in [5, 5.41) is 17.9. The van der Waals surface area contributed by atoms with Crippen LogP contribution in [0.25, 0.3) is 0 Å². The van der Waals surface area contributed by atoms with Crippen molar-refractivity contribution in [3.63, 3.8) is 0 Å². The number of aliphatic carboxylic acids is 2. The monoisotopic (exact) mass is 298 g/mol. The van der Waals surface area contributed by atoms with E-state index in [4.69, 9.17) is 24.4 Å². The molecule has 0 bridgehead atoms. The molecule has 1 aromatic rings. The number of methoxy groups -OCH3 is 3. The molecule has 1 aromatic carbocycles. The lowest BCUT2D eigenvalue weighted by molar-refractivity contribution is -0.139. The molecule has 0 aliphatic rings. The van der Waals surface area contributed by atoms with Gasteiger partial charge in [0.15, 0.2) is 11.5 Å². The number of carboxylic acid groups (broad SMARTS) is 2. The Bertz CT molecular complexity index is 508. The van der Waals surface area contributed by atoms with Crippen LogP contribution in [0.3, 0.4) is 0 Å². The molecule has 0 aliphatic carbocycles. The second kappa shape index (κ2) is 7.37. The normalized spacial score (nSPS) is 10.3. The Morgan fingerprint density at radius 2 is 1.48 bits per heavy atom. The maximum Gasteiger partial charge on any atom is 0.303 e. The van der Waals surface area contributed by atoms with E-state index >= 15 is 0 Å². The van der Waals surface area contributed by atoms with E-state index in [1.54, 1.807) is 12.1 Å². The summed E-state index contributed by atoms with van der Waals surface area (Å²) in [4.78, 5) is 21.9. The molecule has 7 heteroatoms. The topological polar surface area (TPSA) is 102 Å². The number of benzene rings is 1. The maximum absolute atomic E-state index is 11.0. The van der Waals surface area contributed by atoms with Gasteiger partial charge in [0.2, 0.25) is 5.75 Å². The van der Waals surface area contributed by atoms with Gasteiger partial charge in [0.1, 0.15) is 0 Å². The predicted octanol–water partition coefficient (Wildman–Crippen LogP) is 1.75. The first-order valence-electron chi connectivity index (χ1n) is 6.17. The SMILES string of the molecule is COc1ccc(C(CC(=O)O)CC(=O)O)c(OC)c1OC. The first kappa shape index (κ1) is 16.6. The summed E-state index contributed by atoms with van der Waals surface area (Å²) in [6.45, 7) is 0. The fourth-order valence-electron chi connectivity index (χ4n) is 2.16. The van der Waals surface area contributed by atoms with Gasteiger partial charge in [0.25, 0.3) is 0 Å². The van der Waals surface area contributed by atoms with E-state index in [1.807, 2.05) is 0 Å². The molecule has 0 spiro atoms. The molecule has 0 fully saturated rings. The van der Waals surface area contributed by atoms with E-state index in [0.29, 0.717) is 17.1 Å². The van der Waals surface area contributed by atoms with Crippen molar-refractivity contribution in [2.75, 3.05) is 21.3 Å². The molecule has 0 aromatic heterocycles. The van der Waals surface area contributed by atoms with Crippen LogP contribution < -0.4 is 14.2 Å². The fraction of sp³-hybridized carbons (Fsp3) is 0.429. The van der Waals surface area contributed by atoms with Crippen molar-refractivity contribution in [2.24, 2.45) is 0 Å². The summed E-state index contributed by atoms with van der Waals surface area (Å²) in [5.41, 5.74) is 0.458. The summed E-state index contributed by atoms with van der Waals surface area (Å²) in [5.74, 6) is -1.89. The lowest BCUT2D eigenvalue weighted by Crippen LogP contribution is -2.13. The molecule has 116 valence electrons. The molecule has 2 N–H and O–H groups in total. The Hall–Kier alpha value is -2.44. The van der Waals surface area contributed by atoms with E-state index in [-0.39, 0.29) is 18.6 Å². The molecule has 7 nitrogen and oxygen atoms in total.